The molecule has 2 aliphatic heterocycles. The number of ketones is 1. The lowest BCUT2D eigenvalue weighted by Gasteiger charge is -2.37. The van der Waals surface area contributed by atoms with Crippen molar-refractivity contribution in [2.75, 3.05) is 44.8 Å². The van der Waals surface area contributed by atoms with Gasteiger partial charge in [0.1, 0.15) is 5.75 Å². The Morgan fingerprint density at radius 3 is 2.45 bits per heavy atom. The number of aromatic nitrogens is 1. The smallest absolute Gasteiger partial charge is 0.306 e. The fourth-order valence-corrected chi connectivity index (χ4v) is 6.85. The predicted octanol–water partition coefficient (Wildman–Crippen LogP) is 5.90. The highest BCUT2D eigenvalue weighted by molar-refractivity contribution is 6.03. The van der Waals surface area contributed by atoms with Gasteiger partial charge in [0.15, 0.2) is 5.78 Å². The van der Waals surface area contributed by atoms with E-state index in [1.807, 2.05) is 30.3 Å². The number of rotatable bonds is 12. The number of nitrogens with zero attached hydrogens (tertiary/aromatic N) is 3. The Hall–Kier alpha value is -3.13. The number of carbonyl (C=O) groups excluding carboxylic acids is 1. The second kappa shape index (κ2) is 13.4. The minimum absolute atomic E-state index is 0.00193. The number of hydrogen-bond donors (Lipinski definition) is 1. The standard InChI is InChI=1S/C34H47N3O5/c1-22(2)37-15-5-6-27(20-37)33(38)29-10-9-28(41-4)19-30(29)36-16-12-24(13-17-36)21-42-31-18-26(11-14-35-31)32(25-7-8-25)23(3)34(39)40/h9-11,14,18-19,22-25,27,32H,5-8,12-13,15-17,20-21H2,1-4H3,(H,39,40)/t23-,27?,32-/m0/s1. The molecule has 8 heteroatoms. The number of carboxylic acid groups (broad SMARTS) is 1. The molecule has 228 valence electrons. The molecule has 0 radical (unpaired) electrons. The minimum atomic E-state index is -0.755. The summed E-state index contributed by atoms with van der Waals surface area (Å²) in [5.41, 5.74) is 2.80. The first kappa shape index (κ1) is 30.3. The second-order valence-electron chi connectivity index (χ2n) is 12.8. The first-order valence-corrected chi connectivity index (χ1v) is 15.8. The van der Waals surface area contributed by atoms with Crippen molar-refractivity contribution in [3.63, 3.8) is 0 Å². The van der Waals surface area contributed by atoms with Gasteiger partial charge >= 0.3 is 5.97 Å². The van der Waals surface area contributed by atoms with E-state index in [2.05, 4.69) is 28.6 Å². The molecule has 1 N–H and O–H groups in total. The van der Waals surface area contributed by atoms with Crippen molar-refractivity contribution in [3.8, 4) is 11.6 Å². The van der Waals surface area contributed by atoms with Crippen LogP contribution in [0.2, 0.25) is 0 Å². The molecule has 1 aliphatic carbocycles. The molecule has 8 nitrogen and oxygen atoms in total. The third-order valence-corrected chi connectivity index (χ3v) is 9.65. The molecule has 1 saturated carbocycles. The molecule has 1 unspecified atom stereocenters. The van der Waals surface area contributed by atoms with Gasteiger partial charge in [-0.2, -0.15) is 0 Å². The Kier molecular flexibility index (Phi) is 9.71. The fourth-order valence-electron chi connectivity index (χ4n) is 6.85. The van der Waals surface area contributed by atoms with Crippen molar-refractivity contribution in [1.82, 2.24) is 9.88 Å². The average Bonchev–Trinajstić information content (AvgIpc) is 3.85. The van der Waals surface area contributed by atoms with Gasteiger partial charge in [-0.3, -0.25) is 9.59 Å². The van der Waals surface area contributed by atoms with E-state index in [1.165, 1.54) is 0 Å². The number of Topliss-reactive ketones (excluding diaryl/α,β-unsaturated/α-hetero) is 1. The zero-order valence-electron chi connectivity index (χ0n) is 25.6. The van der Waals surface area contributed by atoms with Gasteiger partial charge in [-0.25, -0.2) is 4.98 Å². The normalized spacial score (nSPS) is 21.6. The summed E-state index contributed by atoms with van der Waals surface area (Å²) in [7, 11) is 1.67. The molecule has 0 spiro atoms. The van der Waals surface area contributed by atoms with Gasteiger partial charge in [0.05, 0.1) is 25.3 Å². The van der Waals surface area contributed by atoms with Crippen LogP contribution in [0, 0.1) is 23.7 Å². The van der Waals surface area contributed by atoms with Crippen LogP contribution in [0.15, 0.2) is 36.5 Å². The van der Waals surface area contributed by atoms with Gasteiger partial charge < -0.3 is 24.4 Å². The highest BCUT2D eigenvalue weighted by atomic mass is 16.5. The molecule has 0 amide bonds. The number of hydrogen-bond acceptors (Lipinski definition) is 7. The molecule has 1 aromatic carbocycles. The lowest BCUT2D eigenvalue weighted by atomic mass is 9.84. The number of anilines is 1. The number of piperidine rings is 2. The number of likely N-dealkylation sites (tertiary alicyclic amines) is 1. The van der Waals surface area contributed by atoms with Crippen LogP contribution in [0.5, 0.6) is 11.6 Å². The maximum absolute atomic E-state index is 13.8. The monoisotopic (exact) mass is 577 g/mol. The molecule has 0 bridgehead atoms. The molecule has 2 saturated heterocycles. The van der Waals surface area contributed by atoms with Crippen LogP contribution >= 0.6 is 0 Å². The highest BCUT2D eigenvalue weighted by Crippen LogP contribution is 2.47. The SMILES string of the molecule is COc1ccc(C(=O)C2CCCN(C(C)C)C2)c(N2CCC(COc3cc([C@H](C4CC4)[C@H](C)C(=O)O)ccn3)CC2)c1. The van der Waals surface area contributed by atoms with Crippen LogP contribution in [0.4, 0.5) is 5.69 Å². The van der Waals surface area contributed by atoms with Crippen molar-refractivity contribution in [2.45, 2.75) is 71.3 Å². The molecule has 3 fully saturated rings. The largest absolute Gasteiger partial charge is 0.497 e. The number of methoxy groups -OCH3 is 1. The van der Waals surface area contributed by atoms with E-state index in [4.69, 9.17) is 9.47 Å². The van der Waals surface area contributed by atoms with Crippen LogP contribution < -0.4 is 14.4 Å². The van der Waals surface area contributed by atoms with E-state index >= 15 is 0 Å². The molecular formula is C34H47N3O5. The van der Waals surface area contributed by atoms with Gasteiger partial charge in [0.25, 0.3) is 0 Å². The summed E-state index contributed by atoms with van der Waals surface area (Å²) in [6.07, 6.45) is 7.81. The fraction of sp³-hybridized carbons (Fsp3) is 0.618. The zero-order valence-corrected chi connectivity index (χ0v) is 25.6. The maximum Gasteiger partial charge on any atom is 0.306 e. The van der Waals surface area contributed by atoms with Gasteiger partial charge in [-0.15, -0.1) is 0 Å². The third-order valence-electron chi connectivity index (χ3n) is 9.65. The summed E-state index contributed by atoms with van der Waals surface area (Å²) in [6, 6.07) is 10.2. The van der Waals surface area contributed by atoms with Crippen molar-refractivity contribution < 1.29 is 24.2 Å². The Labute approximate surface area is 250 Å². The lowest BCUT2D eigenvalue weighted by molar-refractivity contribution is -0.142. The summed E-state index contributed by atoms with van der Waals surface area (Å²) in [6.45, 7) is 10.4. The summed E-state index contributed by atoms with van der Waals surface area (Å²) in [4.78, 5) is 34.7. The lowest BCUT2D eigenvalue weighted by Crippen LogP contribution is -2.43. The summed E-state index contributed by atoms with van der Waals surface area (Å²) in [5.74, 6) is 1.24. The molecule has 1 aromatic heterocycles. The molecule has 42 heavy (non-hydrogen) atoms. The first-order chi connectivity index (χ1) is 20.2. The molecule has 5 rings (SSSR count). The van der Waals surface area contributed by atoms with Gasteiger partial charge in [0, 0.05) is 55.5 Å². The molecule has 3 heterocycles. The van der Waals surface area contributed by atoms with Crippen molar-refractivity contribution >= 4 is 17.4 Å². The number of pyridine rings is 1. The zero-order chi connectivity index (χ0) is 29.8. The van der Waals surface area contributed by atoms with Crippen molar-refractivity contribution in [1.29, 1.82) is 0 Å². The van der Waals surface area contributed by atoms with E-state index in [0.29, 0.717) is 30.4 Å². The minimum Gasteiger partial charge on any atom is -0.497 e. The molecular weight excluding hydrogens is 530 g/mol. The number of ether oxygens (including phenoxy) is 2. The van der Waals surface area contributed by atoms with Crippen LogP contribution in [-0.4, -0.2) is 72.7 Å². The Bertz CT molecular complexity index is 1240. The van der Waals surface area contributed by atoms with Gasteiger partial charge in [0.2, 0.25) is 5.88 Å². The molecule has 2 aromatic rings. The highest BCUT2D eigenvalue weighted by Gasteiger charge is 2.39. The maximum atomic E-state index is 13.8. The predicted molar refractivity (Wildman–Crippen MR) is 164 cm³/mol. The number of carbonyl (C=O) groups is 2. The van der Waals surface area contributed by atoms with E-state index in [1.54, 1.807) is 20.2 Å². The van der Waals surface area contributed by atoms with Crippen LogP contribution in [0.25, 0.3) is 0 Å². The number of carboxylic acids is 1. The molecule has 3 aliphatic rings. The summed E-state index contributed by atoms with van der Waals surface area (Å²) < 4.78 is 11.7. The Morgan fingerprint density at radius 2 is 1.79 bits per heavy atom. The van der Waals surface area contributed by atoms with Crippen molar-refractivity contribution in [3.05, 3.63) is 47.7 Å². The second-order valence-corrected chi connectivity index (χ2v) is 12.8. The van der Waals surface area contributed by atoms with Crippen molar-refractivity contribution in [2.24, 2.45) is 23.7 Å². The van der Waals surface area contributed by atoms with Crippen LogP contribution in [0.3, 0.4) is 0 Å². The summed E-state index contributed by atoms with van der Waals surface area (Å²) >= 11 is 0. The molecule has 3 atom stereocenters. The van der Waals surface area contributed by atoms with Crippen LogP contribution in [0.1, 0.15) is 81.1 Å². The summed E-state index contributed by atoms with van der Waals surface area (Å²) in [5, 5.41) is 9.63. The third kappa shape index (κ3) is 7.08. The van der Waals surface area contributed by atoms with Crippen LogP contribution in [-0.2, 0) is 4.79 Å². The number of benzene rings is 1. The van der Waals surface area contributed by atoms with E-state index in [9.17, 15) is 14.7 Å². The van der Waals surface area contributed by atoms with E-state index < -0.39 is 11.9 Å². The quantitative estimate of drug-likeness (QED) is 0.312. The van der Waals surface area contributed by atoms with E-state index in [-0.39, 0.29) is 17.6 Å². The van der Waals surface area contributed by atoms with Gasteiger partial charge in [-0.1, -0.05) is 6.92 Å². The number of aliphatic carboxylic acids is 1. The van der Waals surface area contributed by atoms with Gasteiger partial charge in [-0.05, 0) is 100 Å². The topological polar surface area (TPSA) is 92.2 Å². The first-order valence-electron chi connectivity index (χ1n) is 15.8. The average molecular weight is 578 g/mol. The Morgan fingerprint density at radius 1 is 1.02 bits per heavy atom. The Balaban J connectivity index is 1.21. The van der Waals surface area contributed by atoms with E-state index in [0.717, 1.165) is 87.3 Å².